The molecule has 4 heteroatoms. The molecule has 0 bridgehead atoms. The molecule has 0 aliphatic rings. The van der Waals surface area contributed by atoms with E-state index < -0.39 is 11.9 Å². The number of ether oxygens (including phenoxy) is 1. The molecule has 1 unspecified atom stereocenters. The Morgan fingerprint density at radius 3 is 1.38 bits per heavy atom. The summed E-state index contributed by atoms with van der Waals surface area (Å²) in [6.45, 7) is 6.84. The molecule has 0 fully saturated rings. The zero-order chi connectivity index (χ0) is 25.3. The highest BCUT2D eigenvalue weighted by atomic mass is 16.5. The molecule has 0 radical (unpaired) electrons. The van der Waals surface area contributed by atoms with E-state index in [1.165, 1.54) is 109 Å². The van der Waals surface area contributed by atoms with Gasteiger partial charge in [-0.05, 0) is 31.6 Å². The van der Waals surface area contributed by atoms with Crippen molar-refractivity contribution in [2.45, 2.75) is 162 Å². The van der Waals surface area contributed by atoms with Crippen LogP contribution in [0.4, 0.5) is 0 Å². The first kappa shape index (κ1) is 32.7. The van der Waals surface area contributed by atoms with Gasteiger partial charge in [0.05, 0.1) is 0 Å². The highest BCUT2D eigenvalue weighted by molar-refractivity contribution is 5.90. The maximum Gasteiger partial charge on any atom is 0.331 e. The molecular formula is C30H56O4. The summed E-state index contributed by atoms with van der Waals surface area (Å²) in [6, 6.07) is 0. The van der Waals surface area contributed by atoms with Crippen LogP contribution in [-0.4, -0.2) is 23.1 Å². The lowest BCUT2D eigenvalue weighted by molar-refractivity contribution is -0.144. The largest absolute Gasteiger partial charge is 0.478 e. The topological polar surface area (TPSA) is 63.6 Å². The van der Waals surface area contributed by atoms with Crippen LogP contribution in [0, 0.1) is 5.92 Å². The van der Waals surface area contributed by atoms with Crippen LogP contribution in [0.5, 0.6) is 0 Å². The SMILES string of the molecule is CCCCCCCCC(CCCCCCCCCCCCCCC(C)C)OC(=O)/C=C\C(=O)O. The Hall–Kier alpha value is -1.32. The molecule has 0 aliphatic heterocycles. The van der Waals surface area contributed by atoms with Crippen LogP contribution in [0.15, 0.2) is 12.2 Å². The summed E-state index contributed by atoms with van der Waals surface area (Å²) >= 11 is 0. The van der Waals surface area contributed by atoms with Crippen molar-refractivity contribution in [2.75, 3.05) is 0 Å². The molecular weight excluding hydrogens is 424 g/mol. The van der Waals surface area contributed by atoms with Gasteiger partial charge in [-0.3, -0.25) is 0 Å². The highest BCUT2D eigenvalue weighted by Gasteiger charge is 2.13. The minimum Gasteiger partial charge on any atom is -0.478 e. The van der Waals surface area contributed by atoms with Crippen LogP contribution >= 0.6 is 0 Å². The van der Waals surface area contributed by atoms with E-state index in [0.29, 0.717) is 0 Å². The Kier molecular flexibility index (Phi) is 23.8. The molecule has 0 aliphatic carbocycles. The van der Waals surface area contributed by atoms with Gasteiger partial charge in [0.2, 0.25) is 0 Å². The second-order valence-electron chi connectivity index (χ2n) is 10.5. The number of rotatable bonds is 25. The minimum absolute atomic E-state index is 0.0855. The second-order valence-corrected chi connectivity index (χ2v) is 10.5. The third kappa shape index (κ3) is 25.3. The lowest BCUT2D eigenvalue weighted by atomic mass is 10.0. The van der Waals surface area contributed by atoms with Crippen LogP contribution in [-0.2, 0) is 14.3 Å². The van der Waals surface area contributed by atoms with E-state index in [0.717, 1.165) is 43.8 Å². The number of hydrogen-bond acceptors (Lipinski definition) is 3. The Morgan fingerprint density at radius 1 is 0.618 bits per heavy atom. The Bertz CT molecular complexity index is 498. The molecule has 34 heavy (non-hydrogen) atoms. The number of carboxylic acid groups (broad SMARTS) is 1. The molecule has 0 saturated heterocycles. The summed E-state index contributed by atoms with van der Waals surface area (Å²) in [5.41, 5.74) is 0. The van der Waals surface area contributed by atoms with E-state index in [1.807, 2.05) is 0 Å². The van der Waals surface area contributed by atoms with E-state index in [9.17, 15) is 9.59 Å². The predicted molar refractivity (Wildman–Crippen MR) is 144 cm³/mol. The van der Waals surface area contributed by atoms with Crippen LogP contribution in [0.3, 0.4) is 0 Å². The molecule has 0 rings (SSSR count). The first-order valence-corrected chi connectivity index (χ1v) is 14.6. The third-order valence-electron chi connectivity index (χ3n) is 6.58. The monoisotopic (exact) mass is 480 g/mol. The molecule has 0 aromatic rings. The zero-order valence-corrected chi connectivity index (χ0v) is 22.8. The molecule has 0 aromatic heterocycles. The van der Waals surface area contributed by atoms with Crippen molar-refractivity contribution >= 4 is 11.9 Å². The fraction of sp³-hybridized carbons (Fsp3) is 0.867. The summed E-state index contributed by atoms with van der Waals surface area (Å²) in [6.07, 6.45) is 28.2. The van der Waals surface area contributed by atoms with Crippen molar-refractivity contribution in [3.05, 3.63) is 12.2 Å². The molecule has 1 atom stereocenters. The van der Waals surface area contributed by atoms with Crippen molar-refractivity contribution in [1.29, 1.82) is 0 Å². The van der Waals surface area contributed by atoms with Gasteiger partial charge in [0.25, 0.3) is 0 Å². The lowest BCUT2D eigenvalue weighted by Crippen LogP contribution is -2.17. The zero-order valence-electron chi connectivity index (χ0n) is 22.8. The first-order chi connectivity index (χ1) is 16.5. The van der Waals surface area contributed by atoms with Crippen molar-refractivity contribution < 1.29 is 19.4 Å². The summed E-state index contributed by atoms with van der Waals surface area (Å²) in [5, 5.41) is 8.70. The van der Waals surface area contributed by atoms with Crippen molar-refractivity contribution in [2.24, 2.45) is 5.92 Å². The number of carboxylic acids is 1. The number of unbranched alkanes of at least 4 members (excludes halogenated alkanes) is 16. The van der Waals surface area contributed by atoms with Gasteiger partial charge in [0, 0.05) is 12.2 Å². The molecule has 0 amide bonds. The van der Waals surface area contributed by atoms with Crippen molar-refractivity contribution in [1.82, 2.24) is 0 Å². The normalized spacial score (nSPS) is 12.5. The number of hydrogen-bond donors (Lipinski definition) is 1. The van der Waals surface area contributed by atoms with E-state index in [4.69, 9.17) is 9.84 Å². The van der Waals surface area contributed by atoms with E-state index >= 15 is 0 Å². The molecule has 200 valence electrons. The van der Waals surface area contributed by atoms with Gasteiger partial charge in [0.1, 0.15) is 6.10 Å². The second kappa shape index (κ2) is 24.8. The average molecular weight is 481 g/mol. The maximum atomic E-state index is 11.9. The van der Waals surface area contributed by atoms with Gasteiger partial charge < -0.3 is 9.84 Å². The number of carbonyl (C=O) groups is 2. The van der Waals surface area contributed by atoms with Gasteiger partial charge in [-0.1, -0.05) is 130 Å². The molecule has 0 spiro atoms. The summed E-state index contributed by atoms with van der Waals surface area (Å²) < 4.78 is 5.56. The molecule has 4 nitrogen and oxygen atoms in total. The number of esters is 1. The number of carbonyl (C=O) groups excluding carboxylic acids is 1. The van der Waals surface area contributed by atoms with Crippen LogP contribution in [0.25, 0.3) is 0 Å². The third-order valence-corrected chi connectivity index (χ3v) is 6.58. The summed E-state index contributed by atoms with van der Waals surface area (Å²) in [4.78, 5) is 22.5. The molecule has 0 heterocycles. The smallest absolute Gasteiger partial charge is 0.331 e. The predicted octanol–water partition coefficient (Wildman–Crippen LogP) is 9.41. The molecule has 0 saturated carbocycles. The molecule has 0 aromatic carbocycles. The van der Waals surface area contributed by atoms with Gasteiger partial charge >= 0.3 is 11.9 Å². The first-order valence-electron chi connectivity index (χ1n) is 14.6. The van der Waals surface area contributed by atoms with E-state index in [-0.39, 0.29) is 6.10 Å². The lowest BCUT2D eigenvalue weighted by Gasteiger charge is -2.17. The maximum absolute atomic E-state index is 11.9. The number of aliphatic carboxylic acids is 1. The Balaban J connectivity index is 3.84. The standard InChI is InChI=1S/C30H56O4/c1-4-5-6-7-17-20-23-28(34-30(33)26-25-29(31)32)24-21-18-15-13-11-9-8-10-12-14-16-19-22-27(2)3/h25-28H,4-24H2,1-3H3,(H,31,32)/b26-25-. The fourth-order valence-electron chi connectivity index (χ4n) is 4.45. The summed E-state index contributed by atoms with van der Waals surface area (Å²) in [7, 11) is 0. The Morgan fingerprint density at radius 2 is 1.00 bits per heavy atom. The van der Waals surface area contributed by atoms with Crippen LogP contribution in [0.2, 0.25) is 0 Å². The van der Waals surface area contributed by atoms with Gasteiger partial charge in [-0.2, -0.15) is 0 Å². The highest BCUT2D eigenvalue weighted by Crippen LogP contribution is 2.18. The van der Waals surface area contributed by atoms with E-state index in [1.54, 1.807) is 0 Å². The summed E-state index contributed by atoms with van der Waals surface area (Å²) in [5.74, 6) is -0.799. The minimum atomic E-state index is -1.12. The van der Waals surface area contributed by atoms with Crippen molar-refractivity contribution in [3.63, 3.8) is 0 Å². The quantitative estimate of drug-likeness (QED) is 0.0802. The molecule has 1 N–H and O–H groups in total. The fourth-order valence-corrected chi connectivity index (χ4v) is 4.45. The average Bonchev–Trinajstić information content (AvgIpc) is 2.79. The van der Waals surface area contributed by atoms with Gasteiger partial charge in [-0.25, -0.2) is 9.59 Å². The van der Waals surface area contributed by atoms with Crippen molar-refractivity contribution in [3.8, 4) is 0 Å². The Labute approximate surface area is 211 Å². The van der Waals surface area contributed by atoms with E-state index in [2.05, 4.69) is 20.8 Å². The van der Waals surface area contributed by atoms with Gasteiger partial charge in [-0.15, -0.1) is 0 Å². The van der Waals surface area contributed by atoms with Crippen LogP contribution in [0.1, 0.15) is 156 Å². The van der Waals surface area contributed by atoms with Crippen LogP contribution < -0.4 is 0 Å². The van der Waals surface area contributed by atoms with Gasteiger partial charge in [0.15, 0.2) is 0 Å².